The molecule has 0 spiro atoms. The summed E-state index contributed by atoms with van der Waals surface area (Å²) in [6.07, 6.45) is 5.00. The van der Waals surface area contributed by atoms with Crippen molar-refractivity contribution >= 4 is 5.91 Å². The Kier molecular flexibility index (Phi) is 3.30. The Morgan fingerprint density at radius 2 is 1.89 bits per heavy atom. The summed E-state index contributed by atoms with van der Waals surface area (Å²) in [5.74, 6) is 0.521. The van der Waals surface area contributed by atoms with Crippen LogP contribution in [0, 0.1) is 5.92 Å². The second kappa shape index (κ2) is 5.08. The van der Waals surface area contributed by atoms with Gasteiger partial charge in [-0.25, -0.2) is 5.43 Å². The first-order valence-corrected chi connectivity index (χ1v) is 6.71. The van der Waals surface area contributed by atoms with E-state index in [-0.39, 0.29) is 12.1 Å². The summed E-state index contributed by atoms with van der Waals surface area (Å²) in [5, 5.41) is 3.08. The van der Waals surface area contributed by atoms with E-state index >= 15 is 0 Å². The summed E-state index contributed by atoms with van der Waals surface area (Å²) in [6, 6.07) is 9.90. The molecule has 2 aliphatic rings. The predicted molar refractivity (Wildman–Crippen MR) is 69.7 cm³/mol. The lowest BCUT2D eigenvalue weighted by molar-refractivity contribution is 0.0916. The van der Waals surface area contributed by atoms with Crippen molar-refractivity contribution in [3.05, 3.63) is 35.9 Å². The zero-order valence-electron chi connectivity index (χ0n) is 10.4. The van der Waals surface area contributed by atoms with Gasteiger partial charge in [0.1, 0.15) is 0 Å². The molecule has 3 rings (SSSR count). The first-order chi connectivity index (χ1) is 8.84. The average molecular weight is 245 g/mol. The van der Waals surface area contributed by atoms with Gasteiger partial charge in [0, 0.05) is 17.5 Å². The molecule has 3 atom stereocenters. The minimum absolute atomic E-state index is 0.00104. The lowest BCUT2D eigenvalue weighted by atomic mass is 9.84. The van der Waals surface area contributed by atoms with Gasteiger partial charge >= 0.3 is 0 Å². The molecule has 1 saturated carbocycles. The fourth-order valence-electron chi connectivity index (χ4n) is 3.00. The number of hydrazine groups is 1. The van der Waals surface area contributed by atoms with Crippen molar-refractivity contribution in [3.8, 4) is 0 Å². The van der Waals surface area contributed by atoms with Gasteiger partial charge in [-0.15, -0.1) is 0 Å². The van der Waals surface area contributed by atoms with E-state index in [9.17, 15) is 4.79 Å². The zero-order chi connectivity index (χ0) is 12.4. The normalized spacial score (nSPS) is 30.8. The van der Waals surface area contributed by atoms with Gasteiger partial charge in [-0.05, 0) is 25.0 Å². The number of rotatable bonds is 2. The summed E-state index contributed by atoms with van der Waals surface area (Å²) in [5.41, 5.74) is 7.24. The van der Waals surface area contributed by atoms with Crippen LogP contribution in [0.4, 0.5) is 0 Å². The first kappa shape index (κ1) is 11.7. The second-order valence-corrected chi connectivity index (χ2v) is 5.16. The van der Waals surface area contributed by atoms with Crippen molar-refractivity contribution in [1.82, 2.24) is 16.2 Å². The summed E-state index contributed by atoms with van der Waals surface area (Å²) in [6.45, 7) is 0. The predicted octanol–water partition coefficient (Wildman–Crippen LogP) is 1.41. The lowest BCUT2D eigenvalue weighted by Gasteiger charge is -2.27. The van der Waals surface area contributed by atoms with Gasteiger partial charge in [-0.2, -0.15) is 0 Å². The van der Waals surface area contributed by atoms with E-state index in [1.807, 2.05) is 30.3 Å². The molecule has 3 unspecified atom stereocenters. The monoisotopic (exact) mass is 245 g/mol. The molecule has 3 N–H and O–H groups in total. The van der Waals surface area contributed by atoms with E-state index in [2.05, 4.69) is 16.2 Å². The molecule has 1 saturated heterocycles. The molecular weight excluding hydrogens is 226 g/mol. The number of benzene rings is 1. The SMILES string of the molecule is O=C(NC1NNC2CCCCC21)c1ccccc1. The van der Waals surface area contributed by atoms with E-state index in [1.165, 1.54) is 25.7 Å². The molecule has 4 heteroatoms. The fourth-order valence-corrected chi connectivity index (χ4v) is 3.00. The highest BCUT2D eigenvalue weighted by Crippen LogP contribution is 2.29. The highest BCUT2D eigenvalue weighted by molar-refractivity contribution is 5.94. The van der Waals surface area contributed by atoms with E-state index in [4.69, 9.17) is 0 Å². The maximum Gasteiger partial charge on any atom is 0.252 e. The quantitative estimate of drug-likeness (QED) is 0.738. The van der Waals surface area contributed by atoms with Gasteiger partial charge in [0.2, 0.25) is 0 Å². The van der Waals surface area contributed by atoms with Crippen LogP contribution in [-0.4, -0.2) is 18.1 Å². The molecule has 1 aliphatic carbocycles. The summed E-state index contributed by atoms with van der Waals surface area (Å²) < 4.78 is 0. The van der Waals surface area contributed by atoms with Crippen LogP contribution in [0.5, 0.6) is 0 Å². The minimum Gasteiger partial charge on any atom is -0.335 e. The van der Waals surface area contributed by atoms with E-state index < -0.39 is 0 Å². The number of hydrogen-bond donors (Lipinski definition) is 3. The third kappa shape index (κ3) is 2.26. The molecular formula is C14H19N3O. The zero-order valence-corrected chi connectivity index (χ0v) is 10.4. The second-order valence-electron chi connectivity index (χ2n) is 5.16. The standard InChI is InChI=1S/C14H19N3O/c18-14(10-6-2-1-3-7-10)15-13-11-8-4-5-9-12(11)16-17-13/h1-3,6-7,11-13,16-17H,4-5,8-9H2,(H,15,18). The van der Waals surface area contributed by atoms with Crippen LogP contribution >= 0.6 is 0 Å². The van der Waals surface area contributed by atoms with Crippen LogP contribution < -0.4 is 16.2 Å². The maximum atomic E-state index is 12.1. The molecule has 0 radical (unpaired) electrons. The molecule has 1 amide bonds. The number of fused-ring (bicyclic) bond motifs is 1. The Labute approximate surface area is 107 Å². The van der Waals surface area contributed by atoms with Gasteiger partial charge in [0.15, 0.2) is 0 Å². The van der Waals surface area contributed by atoms with Gasteiger partial charge < -0.3 is 5.32 Å². The number of amides is 1. The summed E-state index contributed by atoms with van der Waals surface area (Å²) in [7, 11) is 0. The van der Waals surface area contributed by atoms with Crippen LogP contribution in [0.2, 0.25) is 0 Å². The van der Waals surface area contributed by atoms with Crippen LogP contribution in [0.15, 0.2) is 30.3 Å². The smallest absolute Gasteiger partial charge is 0.252 e. The number of hydrogen-bond acceptors (Lipinski definition) is 3. The Balaban J connectivity index is 1.65. The maximum absolute atomic E-state index is 12.1. The molecule has 0 bridgehead atoms. The van der Waals surface area contributed by atoms with Crippen LogP contribution in [0.1, 0.15) is 36.0 Å². The largest absolute Gasteiger partial charge is 0.335 e. The minimum atomic E-state index is 0.00104. The third-order valence-electron chi connectivity index (χ3n) is 3.99. The Hall–Kier alpha value is -1.39. The Bertz CT molecular complexity index is 420. The molecule has 1 heterocycles. The van der Waals surface area contributed by atoms with Crippen molar-refractivity contribution in [2.75, 3.05) is 0 Å². The molecule has 1 aliphatic heterocycles. The van der Waals surface area contributed by atoms with Crippen LogP contribution in [0.25, 0.3) is 0 Å². The Morgan fingerprint density at radius 3 is 2.72 bits per heavy atom. The molecule has 0 aromatic heterocycles. The van der Waals surface area contributed by atoms with Gasteiger partial charge in [-0.3, -0.25) is 10.2 Å². The van der Waals surface area contributed by atoms with Crippen molar-refractivity contribution in [3.63, 3.8) is 0 Å². The van der Waals surface area contributed by atoms with Crippen molar-refractivity contribution in [2.24, 2.45) is 5.92 Å². The van der Waals surface area contributed by atoms with Gasteiger partial charge in [0.05, 0.1) is 6.17 Å². The van der Waals surface area contributed by atoms with E-state index in [1.54, 1.807) is 0 Å². The van der Waals surface area contributed by atoms with Crippen molar-refractivity contribution in [1.29, 1.82) is 0 Å². The van der Waals surface area contributed by atoms with E-state index in [0.29, 0.717) is 12.0 Å². The number of carbonyl (C=O) groups excluding carboxylic acids is 1. The van der Waals surface area contributed by atoms with E-state index in [0.717, 1.165) is 5.56 Å². The molecule has 18 heavy (non-hydrogen) atoms. The summed E-state index contributed by atoms with van der Waals surface area (Å²) >= 11 is 0. The number of nitrogens with one attached hydrogen (secondary N) is 3. The number of carbonyl (C=O) groups is 1. The van der Waals surface area contributed by atoms with Gasteiger partial charge in [0.25, 0.3) is 5.91 Å². The Morgan fingerprint density at radius 1 is 1.11 bits per heavy atom. The first-order valence-electron chi connectivity index (χ1n) is 6.71. The van der Waals surface area contributed by atoms with Crippen molar-refractivity contribution in [2.45, 2.75) is 37.9 Å². The van der Waals surface area contributed by atoms with Gasteiger partial charge in [-0.1, -0.05) is 31.0 Å². The molecule has 4 nitrogen and oxygen atoms in total. The highest BCUT2D eigenvalue weighted by Gasteiger charge is 2.37. The van der Waals surface area contributed by atoms with Crippen LogP contribution in [-0.2, 0) is 0 Å². The third-order valence-corrected chi connectivity index (χ3v) is 3.99. The molecule has 1 aromatic carbocycles. The average Bonchev–Trinajstić information content (AvgIpc) is 2.83. The topological polar surface area (TPSA) is 53.2 Å². The summed E-state index contributed by atoms with van der Waals surface area (Å²) in [4.78, 5) is 12.1. The van der Waals surface area contributed by atoms with Crippen LogP contribution in [0.3, 0.4) is 0 Å². The molecule has 96 valence electrons. The molecule has 2 fully saturated rings. The molecule has 1 aromatic rings. The lowest BCUT2D eigenvalue weighted by Crippen LogP contribution is -2.47. The fraction of sp³-hybridized carbons (Fsp3) is 0.500. The highest BCUT2D eigenvalue weighted by atomic mass is 16.1. The van der Waals surface area contributed by atoms with Crippen molar-refractivity contribution < 1.29 is 4.79 Å².